The molecule has 2 aromatic rings. The SMILES string of the molecule is COc1ccc(C2=NN(C(=O)CCCC(=O)O)[C@@H](c3ccc(OC)cc3OC)C2)cc1. The van der Waals surface area contributed by atoms with Crippen LogP contribution in [0.3, 0.4) is 0 Å². The molecule has 8 heteroatoms. The van der Waals surface area contributed by atoms with Crippen molar-refractivity contribution in [3.05, 3.63) is 53.6 Å². The highest BCUT2D eigenvalue weighted by molar-refractivity contribution is 6.03. The molecule has 1 aliphatic rings. The number of rotatable bonds is 9. The Labute approximate surface area is 181 Å². The zero-order chi connectivity index (χ0) is 22.4. The third kappa shape index (κ3) is 5.14. The molecule has 1 heterocycles. The van der Waals surface area contributed by atoms with Gasteiger partial charge in [0, 0.05) is 30.9 Å². The molecular weight excluding hydrogens is 400 g/mol. The summed E-state index contributed by atoms with van der Waals surface area (Å²) in [4.78, 5) is 23.8. The number of ether oxygens (including phenoxy) is 3. The van der Waals surface area contributed by atoms with Crippen LogP contribution in [0.4, 0.5) is 0 Å². The molecule has 0 saturated carbocycles. The van der Waals surface area contributed by atoms with Crippen molar-refractivity contribution >= 4 is 17.6 Å². The van der Waals surface area contributed by atoms with Crippen LogP contribution in [0.1, 0.15) is 42.9 Å². The Morgan fingerprint density at radius 1 is 1.00 bits per heavy atom. The lowest BCUT2D eigenvalue weighted by atomic mass is 9.97. The standard InChI is InChI=1S/C23H26N2O6/c1-29-16-9-7-15(8-10-16)19-14-20(18-12-11-17(30-2)13-21(18)31-3)25(24-19)22(26)5-4-6-23(27)28/h7-13,20H,4-6,14H2,1-3H3,(H,27,28)/t20-/m1/s1. The average molecular weight is 426 g/mol. The second-order valence-corrected chi connectivity index (χ2v) is 7.09. The summed E-state index contributed by atoms with van der Waals surface area (Å²) in [7, 11) is 4.75. The van der Waals surface area contributed by atoms with E-state index in [2.05, 4.69) is 5.10 Å². The highest BCUT2D eigenvalue weighted by Crippen LogP contribution is 2.39. The zero-order valence-electron chi connectivity index (χ0n) is 17.8. The average Bonchev–Trinajstić information content (AvgIpc) is 3.23. The second kappa shape index (κ2) is 9.97. The largest absolute Gasteiger partial charge is 0.497 e. The molecule has 0 aromatic heterocycles. The van der Waals surface area contributed by atoms with Gasteiger partial charge in [0.2, 0.25) is 5.91 Å². The highest BCUT2D eigenvalue weighted by atomic mass is 16.5. The zero-order valence-corrected chi connectivity index (χ0v) is 17.8. The monoisotopic (exact) mass is 426 g/mol. The lowest BCUT2D eigenvalue weighted by molar-refractivity contribution is -0.137. The summed E-state index contributed by atoms with van der Waals surface area (Å²) < 4.78 is 16.0. The molecule has 0 radical (unpaired) electrons. The summed E-state index contributed by atoms with van der Waals surface area (Å²) in [5.74, 6) is 0.822. The Kier molecular flexibility index (Phi) is 7.12. The van der Waals surface area contributed by atoms with Gasteiger partial charge in [-0.25, -0.2) is 5.01 Å². The van der Waals surface area contributed by atoms with E-state index >= 15 is 0 Å². The summed E-state index contributed by atoms with van der Waals surface area (Å²) in [5, 5.41) is 14.9. The molecule has 164 valence electrons. The van der Waals surface area contributed by atoms with Gasteiger partial charge < -0.3 is 19.3 Å². The molecule has 1 N–H and O–H groups in total. The second-order valence-electron chi connectivity index (χ2n) is 7.09. The van der Waals surface area contributed by atoms with Crippen LogP contribution in [-0.4, -0.2) is 49.0 Å². The first-order valence-corrected chi connectivity index (χ1v) is 9.94. The third-order valence-corrected chi connectivity index (χ3v) is 5.17. The minimum absolute atomic E-state index is 0.0643. The van der Waals surface area contributed by atoms with Gasteiger partial charge in [-0.2, -0.15) is 5.10 Å². The summed E-state index contributed by atoms with van der Waals surface area (Å²) in [6.07, 6.45) is 0.788. The first-order chi connectivity index (χ1) is 15.0. The lowest BCUT2D eigenvalue weighted by Gasteiger charge is -2.24. The van der Waals surface area contributed by atoms with Crippen LogP contribution in [0, 0.1) is 0 Å². The summed E-state index contributed by atoms with van der Waals surface area (Å²) in [6, 6.07) is 12.6. The van der Waals surface area contributed by atoms with Gasteiger partial charge in [0.05, 0.1) is 33.1 Å². The molecule has 0 saturated heterocycles. The summed E-state index contributed by atoms with van der Waals surface area (Å²) >= 11 is 0. The number of carboxylic acid groups (broad SMARTS) is 1. The van der Waals surface area contributed by atoms with Crippen molar-refractivity contribution in [3.8, 4) is 17.2 Å². The normalized spacial score (nSPS) is 15.4. The van der Waals surface area contributed by atoms with Gasteiger partial charge in [0.25, 0.3) is 0 Å². The fourth-order valence-corrected chi connectivity index (χ4v) is 3.54. The predicted octanol–water partition coefficient (Wildman–Crippen LogP) is 3.65. The molecule has 2 aromatic carbocycles. The van der Waals surface area contributed by atoms with Gasteiger partial charge in [0.15, 0.2) is 0 Å². The fourth-order valence-electron chi connectivity index (χ4n) is 3.54. The van der Waals surface area contributed by atoms with Gasteiger partial charge >= 0.3 is 5.97 Å². The van der Waals surface area contributed by atoms with Crippen LogP contribution in [0.15, 0.2) is 47.6 Å². The molecule has 1 atom stereocenters. The lowest BCUT2D eigenvalue weighted by Crippen LogP contribution is -2.27. The van der Waals surface area contributed by atoms with Gasteiger partial charge in [-0.05, 0) is 48.4 Å². The van der Waals surface area contributed by atoms with Gasteiger partial charge in [-0.3, -0.25) is 9.59 Å². The van der Waals surface area contributed by atoms with Crippen molar-refractivity contribution in [2.45, 2.75) is 31.7 Å². The molecule has 31 heavy (non-hydrogen) atoms. The maximum absolute atomic E-state index is 13.0. The molecule has 0 spiro atoms. The van der Waals surface area contributed by atoms with Gasteiger partial charge in [-0.1, -0.05) is 0 Å². The molecule has 1 aliphatic heterocycles. The van der Waals surface area contributed by atoms with E-state index in [-0.39, 0.29) is 31.2 Å². The maximum Gasteiger partial charge on any atom is 0.303 e. The number of methoxy groups -OCH3 is 3. The van der Waals surface area contributed by atoms with Crippen LogP contribution in [0.5, 0.6) is 17.2 Å². The molecule has 3 rings (SSSR count). The maximum atomic E-state index is 13.0. The van der Waals surface area contributed by atoms with Crippen molar-refractivity contribution in [1.82, 2.24) is 5.01 Å². The van der Waals surface area contributed by atoms with E-state index in [1.54, 1.807) is 27.4 Å². The number of hydrogen-bond acceptors (Lipinski definition) is 6. The third-order valence-electron chi connectivity index (χ3n) is 5.17. The number of hydrazone groups is 1. The Hall–Kier alpha value is -3.55. The topological polar surface area (TPSA) is 97.7 Å². The van der Waals surface area contributed by atoms with E-state index in [0.29, 0.717) is 17.9 Å². The number of amides is 1. The van der Waals surface area contributed by atoms with Crippen LogP contribution in [0.2, 0.25) is 0 Å². The molecule has 0 aliphatic carbocycles. The van der Waals surface area contributed by atoms with E-state index in [1.165, 1.54) is 5.01 Å². The van der Waals surface area contributed by atoms with E-state index in [4.69, 9.17) is 19.3 Å². The number of carbonyl (C=O) groups excluding carboxylic acids is 1. The van der Waals surface area contributed by atoms with Crippen molar-refractivity contribution < 1.29 is 28.9 Å². The van der Waals surface area contributed by atoms with E-state index in [9.17, 15) is 9.59 Å². The Morgan fingerprint density at radius 3 is 2.29 bits per heavy atom. The van der Waals surface area contributed by atoms with Crippen molar-refractivity contribution in [1.29, 1.82) is 0 Å². The summed E-state index contributed by atoms with van der Waals surface area (Å²) in [5.41, 5.74) is 2.46. The Balaban J connectivity index is 1.92. The number of benzene rings is 2. The highest BCUT2D eigenvalue weighted by Gasteiger charge is 2.34. The number of nitrogens with zero attached hydrogens (tertiary/aromatic N) is 2. The molecule has 0 bridgehead atoms. The van der Waals surface area contributed by atoms with Crippen molar-refractivity contribution in [2.24, 2.45) is 5.10 Å². The number of carboxylic acids is 1. The van der Waals surface area contributed by atoms with Gasteiger partial charge in [-0.15, -0.1) is 0 Å². The fraction of sp³-hybridized carbons (Fsp3) is 0.348. The smallest absolute Gasteiger partial charge is 0.303 e. The first-order valence-electron chi connectivity index (χ1n) is 9.94. The van der Waals surface area contributed by atoms with Crippen molar-refractivity contribution in [2.75, 3.05) is 21.3 Å². The predicted molar refractivity (Wildman–Crippen MR) is 115 cm³/mol. The molecule has 0 unspecified atom stereocenters. The van der Waals surface area contributed by atoms with E-state index in [1.807, 2.05) is 36.4 Å². The van der Waals surface area contributed by atoms with Gasteiger partial charge in [0.1, 0.15) is 17.2 Å². The van der Waals surface area contributed by atoms with Crippen LogP contribution in [-0.2, 0) is 9.59 Å². The number of hydrogen-bond donors (Lipinski definition) is 1. The molecule has 1 amide bonds. The number of aliphatic carboxylic acids is 1. The number of carbonyl (C=O) groups is 2. The molecule has 8 nitrogen and oxygen atoms in total. The van der Waals surface area contributed by atoms with Crippen molar-refractivity contribution in [3.63, 3.8) is 0 Å². The van der Waals surface area contributed by atoms with Crippen LogP contribution < -0.4 is 14.2 Å². The molecule has 0 fully saturated rings. The Morgan fingerprint density at radius 2 is 1.68 bits per heavy atom. The minimum Gasteiger partial charge on any atom is -0.497 e. The van der Waals surface area contributed by atoms with Crippen LogP contribution in [0.25, 0.3) is 0 Å². The molecular formula is C23H26N2O6. The summed E-state index contributed by atoms with van der Waals surface area (Å²) in [6.45, 7) is 0. The van der Waals surface area contributed by atoms with E-state index < -0.39 is 5.97 Å². The van der Waals surface area contributed by atoms with E-state index in [0.717, 1.165) is 22.6 Å². The van der Waals surface area contributed by atoms with Crippen LogP contribution >= 0.6 is 0 Å². The first kappa shape index (κ1) is 22.1. The quantitative estimate of drug-likeness (QED) is 0.657. The minimum atomic E-state index is -0.926. The Bertz CT molecular complexity index is 971.